The lowest BCUT2D eigenvalue weighted by Gasteiger charge is -2.24. The van der Waals surface area contributed by atoms with Crippen LogP contribution in [0.25, 0.3) is 0 Å². The van der Waals surface area contributed by atoms with Crippen LogP contribution in [0.4, 0.5) is 5.69 Å². The van der Waals surface area contributed by atoms with Crippen LogP contribution >= 0.6 is 0 Å². The van der Waals surface area contributed by atoms with E-state index < -0.39 is 5.41 Å². The Balaban J connectivity index is 1.39. The minimum atomic E-state index is -0.967. The Hall–Kier alpha value is -4.00. The molecule has 0 aromatic heterocycles. The van der Waals surface area contributed by atoms with Gasteiger partial charge in [0.1, 0.15) is 17.8 Å². The molecule has 3 aliphatic heterocycles. The summed E-state index contributed by atoms with van der Waals surface area (Å²) < 4.78 is 17.2. The monoisotopic (exact) mass is 470 g/mol. The van der Waals surface area contributed by atoms with Crippen LogP contribution in [0.15, 0.2) is 60.7 Å². The number of nitrogens with zero attached hydrogens (tertiary/aromatic N) is 1. The molecule has 0 radical (unpaired) electrons. The van der Waals surface area contributed by atoms with Crippen LogP contribution in [-0.2, 0) is 16.8 Å². The summed E-state index contributed by atoms with van der Waals surface area (Å²) in [7, 11) is 0. The largest absolute Gasteiger partial charge is 0.491 e. The normalized spacial score (nSPS) is 19.0. The summed E-state index contributed by atoms with van der Waals surface area (Å²) in [6.45, 7) is 3.36. The van der Waals surface area contributed by atoms with Gasteiger partial charge in [0.15, 0.2) is 11.5 Å². The number of anilines is 1. The lowest BCUT2D eigenvalue weighted by Crippen LogP contribution is -2.42. The predicted octanol–water partition coefficient (Wildman–Crippen LogP) is 4.17. The first-order valence-corrected chi connectivity index (χ1v) is 12.0. The number of unbranched alkanes of at least 4 members (excludes halogenated alkanes) is 1. The van der Waals surface area contributed by atoms with E-state index in [2.05, 4.69) is 12.2 Å². The van der Waals surface area contributed by atoms with Gasteiger partial charge in [0, 0.05) is 29.4 Å². The number of carbonyl (C=O) groups is 2. The number of benzene rings is 3. The maximum Gasteiger partial charge on any atom is 0.251 e. The Morgan fingerprint density at radius 1 is 0.971 bits per heavy atom. The fourth-order valence-electron chi connectivity index (χ4n) is 5.25. The van der Waals surface area contributed by atoms with E-state index in [1.807, 2.05) is 54.6 Å². The number of ether oxygens (including phenoxy) is 3. The van der Waals surface area contributed by atoms with Crippen molar-refractivity contribution in [1.82, 2.24) is 5.32 Å². The number of amides is 2. The zero-order valence-electron chi connectivity index (χ0n) is 19.5. The summed E-state index contributed by atoms with van der Waals surface area (Å²) >= 11 is 0. The number of hydrogen-bond donors (Lipinski definition) is 1. The quantitative estimate of drug-likeness (QED) is 0.547. The Bertz CT molecular complexity index is 1340. The van der Waals surface area contributed by atoms with Crippen molar-refractivity contribution in [2.45, 2.75) is 31.7 Å². The van der Waals surface area contributed by atoms with Gasteiger partial charge in [-0.25, -0.2) is 0 Å². The van der Waals surface area contributed by atoms with E-state index in [4.69, 9.17) is 14.2 Å². The molecule has 2 amide bonds. The van der Waals surface area contributed by atoms with Crippen molar-refractivity contribution in [2.75, 3.05) is 24.8 Å². The Morgan fingerprint density at radius 2 is 1.74 bits per heavy atom. The lowest BCUT2D eigenvalue weighted by atomic mass is 9.77. The molecule has 7 nitrogen and oxygen atoms in total. The number of hydrogen-bond acceptors (Lipinski definition) is 5. The zero-order valence-corrected chi connectivity index (χ0v) is 19.5. The molecule has 7 heteroatoms. The van der Waals surface area contributed by atoms with E-state index in [-0.39, 0.29) is 31.8 Å². The lowest BCUT2D eigenvalue weighted by molar-refractivity contribution is -0.122. The summed E-state index contributed by atoms with van der Waals surface area (Å²) in [5.74, 6) is 1.68. The van der Waals surface area contributed by atoms with Crippen LogP contribution in [-0.4, -0.2) is 31.8 Å². The van der Waals surface area contributed by atoms with E-state index in [1.54, 1.807) is 11.0 Å². The first kappa shape index (κ1) is 21.5. The molecule has 3 heterocycles. The molecule has 0 saturated heterocycles. The Morgan fingerprint density at radius 3 is 2.60 bits per heavy atom. The van der Waals surface area contributed by atoms with Crippen molar-refractivity contribution in [2.24, 2.45) is 0 Å². The van der Waals surface area contributed by atoms with E-state index in [0.717, 1.165) is 35.2 Å². The molecule has 1 spiro atoms. The highest BCUT2D eigenvalue weighted by Gasteiger charge is 2.57. The molecule has 0 aliphatic carbocycles. The average Bonchev–Trinajstić information content (AvgIpc) is 3.56. The fourth-order valence-corrected chi connectivity index (χ4v) is 5.25. The van der Waals surface area contributed by atoms with Gasteiger partial charge in [0.05, 0.1) is 6.54 Å². The average molecular weight is 471 g/mol. The maximum atomic E-state index is 14.2. The van der Waals surface area contributed by atoms with Crippen LogP contribution < -0.4 is 24.4 Å². The van der Waals surface area contributed by atoms with Crippen molar-refractivity contribution >= 4 is 17.5 Å². The topological polar surface area (TPSA) is 77.1 Å². The summed E-state index contributed by atoms with van der Waals surface area (Å²) in [5, 5.41) is 2.99. The molecular weight excluding hydrogens is 444 g/mol. The molecule has 178 valence electrons. The van der Waals surface area contributed by atoms with Crippen LogP contribution in [0.2, 0.25) is 0 Å². The van der Waals surface area contributed by atoms with Crippen molar-refractivity contribution in [1.29, 1.82) is 0 Å². The van der Waals surface area contributed by atoms with Crippen molar-refractivity contribution in [3.8, 4) is 17.2 Å². The molecular formula is C28H26N2O5. The maximum absolute atomic E-state index is 14.2. The van der Waals surface area contributed by atoms with E-state index in [9.17, 15) is 9.59 Å². The van der Waals surface area contributed by atoms with Crippen LogP contribution in [0.5, 0.6) is 17.2 Å². The summed E-state index contributed by atoms with van der Waals surface area (Å²) in [4.78, 5) is 28.9. The van der Waals surface area contributed by atoms with Crippen LogP contribution in [0, 0.1) is 0 Å². The first-order valence-electron chi connectivity index (χ1n) is 12.0. The summed E-state index contributed by atoms with van der Waals surface area (Å²) in [6.07, 6.45) is 1.93. The molecule has 35 heavy (non-hydrogen) atoms. The van der Waals surface area contributed by atoms with Gasteiger partial charge in [0.25, 0.3) is 5.91 Å². The van der Waals surface area contributed by atoms with Gasteiger partial charge in [-0.1, -0.05) is 49.7 Å². The van der Waals surface area contributed by atoms with E-state index in [0.29, 0.717) is 29.4 Å². The van der Waals surface area contributed by atoms with Gasteiger partial charge in [-0.3, -0.25) is 9.59 Å². The Kier molecular flexibility index (Phi) is 5.13. The zero-order chi connectivity index (χ0) is 24.0. The molecule has 1 N–H and O–H groups in total. The third-order valence-corrected chi connectivity index (χ3v) is 7.05. The third kappa shape index (κ3) is 3.26. The number of fused-ring (bicyclic) bond motifs is 5. The number of rotatable bonds is 6. The Labute approximate surface area is 203 Å². The summed E-state index contributed by atoms with van der Waals surface area (Å²) in [5.41, 5.74) is 2.92. The van der Waals surface area contributed by atoms with E-state index >= 15 is 0 Å². The molecule has 3 aromatic carbocycles. The highest BCUT2D eigenvalue weighted by molar-refractivity contribution is 6.11. The minimum absolute atomic E-state index is 0.0718. The second-order valence-corrected chi connectivity index (χ2v) is 9.07. The third-order valence-electron chi connectivity index (χ3n) is 7.05. The minimum Gasteiger partial charge on any atom is -0.491 e. The highest BCUT2D eigenvalue weighted by Crippen LogP contribution is 2.55. The standard InChI is InChI=1S/C28H26N2O5/c1-2-3-12-29-26(31)19-9-5-4-8-18(19)15-30-22-11-7-6-10-20(22)28(27(30)32)16-33-23-14-25-24(13-21(23)28)34-17-35-25/h4-11,13-14H,2-3,12,15-17H2,1H3,(H,29,31). The number of carbonyl (C=O) groups excluding carboxylic acids is 2. The SMILES string of the molecule is CCCCNC(=O)c1ccccc1CN1C(=O)C2(COc3cc4c(cc32)OCO4)c2ccccc21. The molecule has 3 aromatic rings. The fraction of sp³-hybridized carbons (Fsp3) is 0.286. The number of para-hydroxylation sites is 1. The molecule has 1 unspecified atom stereocenters. The second kappa shape index (κ2) is 8.34. The van der Waals surface area contributed by atoms with Gasteiger partial charge in [-0.2, -0.15) is 0 Å². The van der Waals surface area contributed by atoms with Gasteiger partial charge in [-0.15, -0.1) is 0 Å². The van der Waals surface area contributed by atoms with Gasteiger partial charge in [0.2, 0.25) is 12.7 Å². The molecule has 0 bridgehead atoms. The summed E-state index contributed by atoms with van der Waals surface area (Å²) in [6, 6.07) is 19.0. The molecule has 0 fully saturated rings. The van der Waals surface area contributed by atoms with Crippen molar-refractivity contribution in [3.05, 3.63) is 82.9 Å². The van der Waals surface area contributed by atoms with Crippen LogP contribution in [0.3, 0.4) is 0 Å². The molecule has 1 atom stereocenters. The smallest absolute Gasteiger partial charge is 0.251 e. The van der Waals surface area contributed by atoms with Crippen molar-refractivity contribution < 1.29 is 23.8 Å². The highest BCUT2D eigenvalue weighted by atomic mass is 16.7. The van der Waals surface area contributed by atoms with Gasteiger partial charge in [-0.05, 0) is 35.7 Å². The van der Waals surface area contributed by atoms with E-state index in [1.165, 1.54) is 0 Å². The molecule has 3 aliphatic rings. The molecule has 0 saturated carbocycles. The van der Waals surface area contributed by atoms with Crippen molar-refractivity contribution in [3.63, 3.8) is 0 Å². The number of nitrogens with one attached hydrogen (secondary N) is 1. The molecule has 6 rings (SSSR count). The van der Waals surface area contributed by atoms with Gasteiger partial charge >= 0.3 is 0 Å². The first-order chi connectivity index (χ1) is 17.1. The van der Waals surface area contributed by atoms with Crippen LogP contribution in [0.1, 0.15) is 46.8 Å². The second-order valence-electron chi connectivity index (χ2n) is 9.07. The van der Waals surface area contributed by atoms with Gasteiger partial charge < -0.3 is 24.4 Å². The predicted molar refractivity (Wildman–Crippen MR) is 130 cm³/mol.